The van der Waals surface area contributed by atoms with E-state index in [4.69, 9.17) is 9.15 Å². The average molecular weight is 396 g/mol. The molecule has 5 rings (SSSR count). The van der Waals surface area contributed by atoms with Gasteiger partial charge in [-0.1, -0.05) is 47.5 Å². The van der Waals surface area contributed by atoms with E-state index in [9.17, 15) is 0 Å². The van der Waals surface area contributed by atoms with Crippen molar-refractivity contribution in [2.75, 3.05) is 0 Å². The number of nitrogens with zero attached hydrogens (tertiary/aromatic N) is 3. The molecule has 1 aliphatic heterocycles. The minimum Gasteiger partial charge on any atom is -0.446 e. The van der Waals surface area contributed by atoms with Crippen LogP contribution in [0.4, 0.5) is 0 Å². The van der Waals surface area contributed by atoms with E-state index in [0.29, 0.717) is 17.7 Å². The lowest BCUT2D eigenvalue weighted by molar-refractivity contribution is 0.192. The highest BCUT2D eigenvalue weighted by Gasteiger charge is 2.22. The Morgan fingerprint density at radius 1 is 0.667 bits per heavy atom. The van der Waals surface area contributed by atoms with E-state index in [1.807, 2.05) is 67.6 Å². The van der Waals surface area contributed by atoms with Crippen molar-refractivity contribution in [2.24, 2.45) is 5.10 Å². The maximum atomic E-state index is 5.98. The van der Waals surface area contributed by atoms with Crippen LogP contribution in [0, 0.1) is 13.8 Å². The molecule has 0 saturated carbocycles. The molecule has 0 saturated heterocycles. The average Bonchev–Trinajstić information content (AvgIpc) is 3.45. The molecule has 4 aromatic rings. The molecule has 1 N–H and O–H groups in total. The van der Waals surface area contributed by atoms with Crippen LogP contribution in [-0.2, 0) is 4.74 Å². The lowest BCUT2D eigenvalue weighted by Gasteiger charge is -2.11. The lowest BCUT2D eigenvalue weighted by Crippen LogP contribution is -2.12. The van der Waals surface area contributed by atoms with Gasteiger partial charge in [-0.2, -0.15) is 0 Å². The molecule has 30 heavy (non-hydrogen) atoms. The first-order chi connectivity index (χ1) is 14.7. The van der Waals surface area contributed by atoms with Crippen LogP contribution in [0.3, 0.4) is 0 Å². The summed E-state index contributed by atoms with van der Waals surface area (Å²) in [6.07, 6.45) is -0.284. The number of nitrogens with one attached hydrogen (secondary N) is 1. The number of rotatable bonds is 4. The fourth-order valence-electron chi connectivity index (χ4n) is 3.21. The molecule has 0 aliphatic carbocycles. The van der Waals surface area contributed by atoms with E-state index in [2.05, 4.69) is 39.8 Å². The van der Waals surface area contributed by atoms with Crippen LogP contribution < -0.4 is 5.43 Å². The Labute approximate surface area is 174 Å². The Hall–Kier alpha value is -3.93. The number of ether oxygens (including phenoxy) is 1. The molecular formula is C24H20N4O2. The number of hydrazone groups is 1. The van der Waals surface area contributed by atoms with Crippen molar-refractivity contribution < 1.29 is 9.15 Å². The second-order valence-electron chi connectivity index (χ2n) is 7.31. The summed E-state index contributed by atoms with van der Waals surface area (Å²) in [6, 6.07) is 23.9. The maximum Gasteiger partial charge on any atom is 0.248 e. The summed E-state index contributed by atoms with van der Waals surface area (Å²) in [5.41, 5.74) is 9.08. The normalized spacial score (nSPS) is 15.4. The second-order valence-corrected chi connectivity index (χ2v) is 7.31. The van der Waals surface area contributed by atoms with Crippen LogP contribution in [-0.4, -0.2) is 16.1 Å². The smallest absolute Gasteiger partial charge is 0.248 e. The first kappa shape index (κ1) is 18.1. The van der Waals surface area contributed by atoms with Crippen molar-refractivity contribution in [3.8, 4) is 22.9 Å². The van der Waals surface area contributed by atoms with Gasteiger partial charge in [-0.15, -0.1) is 15.3 Å². The summed E-state index contributed by atoms with van der Waals surface area (Å²) in [6.45, 7) is 4.10. The van der Waals surface area contributed by atoms with Crippen molar-refractivity contribution in [3.63, 3.8) is 0 Å². The minimum absolute atomic E-state index is 0.284. The Kier molecular flexibility index (Phi) is 4.52. The van der Waals surface area contributed by atoms with Gasteiger partial charge in [0.2, 0.25) is 23.9 Å². The van der Waals surface area contributed by atoms with Crippen molar-refractivity contribution in [1.29, 1.82) is 0 Å². The van der Waals surface area contributed by atoms with Crippen molar-refractivity contribution in [2.45, 2.75) is 20.1 Å². The number of aryl methyl sites for hydroxylation is 2. The van der Waals surface area contributed by atoms with Gasteiger partial charge in [0, 0.05) is 22.3 Å². The molecule has 1 atom stereocenters. The van der Waals surface area contributed by atoms with E-state index in [0.717, 1.165) is 22.3 Å². The molecular weight excluding hydrogens is 376 g/mol. The molecule has 0 fully saturated rings. The molecule has 3 aromatic carbocycles. The highest BCUT2D eigenvalue weighted by molar-refractivity contribution is 5.95. The van der Waals surface area contributed by atoms with Crippen LogP contribution >= 0.6 is 0 Å². The van der Waals surface area contributed by atoms with E-state index < -0.39 is 0 Å². The second kappa shape index (κ2) is 7.48. The van der Waals surface area contributed by atoms with Crippen LogP contribution in [0.2, 0.25) is 0 Å². The van der Waals surface area contributed by atoms with Crippen LogP contribution in [0.15, 0.2) is 82.3 Å². The monoisotopic (exact) mass is 396 g/mol. The summed E-state index contributed by atoms with van der Waals surface area (Å²) >= 11 is 0. The third-order valence-electron chi connectivity index (χ3n) is 5.00. The fraction of sp³-hybridized carbons (Fsp3) is 0.125. The zero-order valence-corrected chi connectivity index (χ0v) is 16.7. The van der Waals surface area contributed by atoms with Gasteiger partial charge in [0.25, 0.3) is 0 Å². The van der Waals surface area contributed by atoms with Gasteiger partial charge in [0.1, 0.15) is 0 Å². The Morgan fingerprint density at radius 2 is 1.17 bits per heavy atom. The van der Waals surface area contributed by atoms with Gasteiger partial charge < -0.3 is 9.15 Å². The van der Waals surface area contributed by atoms with Gasteiger partial charge >= 0.3 is 0 Å². The molecule has 2 heterocycles. The van der Waals surface area contributed by atoms with E-state index >= 15 is 0 Å². The molecule has 1 aliphatic rings. The zero-order valence-electron chi connectivity index (χ0n) is 16.7. The molecule has 0 bridgehead atoms. The molecule has 0 spiro atoms. The predicted molar refractivity (Wildman–Crippen MR) is 115 cm³/mol. The van der Waals surface area contributed by atoms with Crippen LogP contribution in [0.1, 0.15) is 28.5 Å². The summed E-state index contributed by atoms with van der Waals surface area (Å²) in [5, 5.41) is 12.7. The van der Waals surface area contributed by atoms with E-state index in [1.165, 1.54) is 11.1 Å². The predicted octanol–water partition coefficient (Wildman–Crippen LogP) is 5.00. The van der Waals surface area contributed by atoms with Crippen LogP contribution in [0.25, 0.3) is 22.9 Å². The highest BCUT2D eigenvalue weighted by Crippen LogP contribution is 2.26. The zero-order chi connectivity index (χ0) is 20.5. The molecule has 0 radical (unpaired) electrons. The lowest BCUT2D eigenvalue weighted by atomic mass is 10.1. The van der Waals surface area contributed by atoms with E-state index in [1.54, 1.807) is 0 Å². The number of aromatic nitrogens is 2. The third-order valence-corrected chi connectivity index (χ3v) is 5.00. The Bertz CT molecular complexity index is 1190. The standard InChI is InChI=1S/C24H20N4O2/c1-15-3-7-17(8-4-15)21-25-27-23(29-21)19-11-13-20(14-12-19)24-28-26-22(30-24)18-9-5-16(2)6-10-18/h3-14,21,25H,1-2H3. The van der Waals surface area contributed by atoms with Gasteiger partial charge in [0.05, 0.1) is 0 Å². The summed E-state index contributed by atoms with van der Waals surface area (Å²) in [4.78, 5) is 0. The molecule has 6 heteroatoms. The topological polar surface area (TPSA) is 72.5 Å². The SMILES string of the molecule is Cc1ccc(-c2nnc(-c3ccc(C4=NNC(c5ccc(C)cc5)O4)cc3)o2)cc1. The van der Waals surface area contributed by atoms with E-state index in [-0.39, 0.29) is 6.23 Å². The summed E-state index contributed by atoms with van der Waals surface area (Å²) in [7, 11) is 0. The molecule has 1 unspecified atom stereocenters. The molecule has 148 valence electrons. The third kappa shape index (κ3) is 3.55. The Balaban J connectivity index is 1.30. The quantitative estimate of drug-likeness (QED) is 0.525. The number of benzene rings is 3. The van der Waals surface area contributed by atoms with Gasteiger partial charge in [-0.05, 0) is 50.2 Å². The van der Waals surface area contributed by atoms with Gasteiger partial charge in [-0.25, -0.2) is 0 Å². The van der Waals surface area contributed by atoms with Gasteiger partial charge in [0.15, 0.2) is 0 Å². The minimum atomic E-state index is -0.284. The Morgan fingerprint density at radius 3 is 1.77 bits per heavy atom. The summed E-state index contributed by atoms with van der Waals surface area (Å²) < 4.78 is 11.8. The molecule has 1 aromatic heterocycles. The number of hydrogen-bond donors (Lipinski definition) is 1. The van der Waals surface area contributed by atoms with Gasteiger partial charge in [-0.3, -0.25) is 5.43 Å². The highest BCUT2D eigenvalue weighted by atomic mass is 16.5. The summed E-state index contributed by atoms with van der Waals surface area (Å²) in [5.74, 6) is 1.53. The molecule has 0 amide bonds. The van der Waals surface area contributed by atoms with Crippen molar-refractivity contribution in [3.05, 3.63) is 95.1 Å². The fourth-order valence-corrected chi connectivity index (χ4v) is 3.21. The van der Waals surface area contributed by atoms with Crippen molar-refractivity contribution >= 4 is 5.90 Å². The first-order valence-corrected chi connectivity index (χ1v) is 9.73. The largest absolute Gasteiger partial charge is 0.446 e. The molecule has 6 nitrogen and oxygen atoms in total. The first-order valence-electron chi connectivity index (χ1n) is 9.73. The maximum absolute atomic E-state index is 5.98. The number of hydrogen-bond acceptors (Lipinski definition) is 6. The van der Waals surface area contributed by atoms with Crippen LogP contribution in [0.5, 0.6) is 0 Å². The van der Waals surface area contributed by atoms with Crippen molar-refractivity contribution in [1.82, 2.24) is 15.6 Å².